The van der Waals surface area contributed by atoms with E-state index in [1.165, 1.54) is 0 Å². The van der Waals surface area contributed by atoms with E-state index in [0.717, 1.165) is 37.2 Å². The molecule has 1 aromatic heterocycles. The smallest absolute Gasteiger partial charge is 0.236 e. The van der Waals surface area contributed by atoms with Gasteiger partial charge in [0.05, 0.1) is 12.7 Å². The maximum absolute atomic E-state index is 12.3. The van der Waals surface area contributed by atoms with Crippen LogP contribution < -0.4 is 5.32 Å². The highest BCUT2D eigenvalue weighted by Crippen LogP contribution is 2.11. The molecule has 1 aromatic rings. The normalized spacial score (nSPS) is 16.6. The van der Waals surface area contributed by atoms with E-state index in [1.807, 2.05) is 21.0 Å². The molecule has 0 unspecified atom stereocenters. The molecule has 0 aromatic carbocycles. The average molecular weight is 279 g/mol. The predicted octanol–water partition coefficient (Wildman–Crippen LogP) is 0.360. The molecule has 1 amide bonds. The van der Waals surface area contributed by atoms with Crippen molar-refractivity contribution in [3.8, 4) is 0 Å². The van der Waals surface area contributed by atoms with Crippen LogP contribution in [0, 0.1) is 6.92 Å². The van der Waals surface area contributed by atoms with Crippen LogP contribution in [0.2, 0.25) is 0 Å². The Morgan fingerprint density at radius 3 is 2.70 bits per heavy atom. The van der Waals surface area contributed by atoms with E-state index in [9.17, 15) is 4.79 Å². The molecule has 6 heteroatoms. The number of amides is 1. The number of hydrogen-bond donors (Lipinski definition) is 2. The number of likely N-dealkylation sites (N-methyl/N-ethyl adjacent to an activating group) is 2. The third-order valence-corrected chi connectivity index (χ3v) is 4.08. The second-order valence-corrected chi connectivity index (χ2v) is 5.67. The molecule has 0 aliphatic carbocycles. The summed E-state index contributed by atoms with van der Waals surface area (Å²) in [6.07, 6.45) is 4.03. The summed E-state index contributed by atoms with van der Waals surface area (Å²) in [5, 5.41) is 10.2. The number of aromatic amines is 1. The second-order valence-electron chi connectivity index (χ2n) is 5.67. The lowest BCUT2D eigenvalue weighted by Crippen LogP contribution is -2.45. The van der Waals surface area contributed by atoms with Gasteiger partial charge in [-0.15, -0.1) is 0 Å². The van der Waals surface area contributed by atoms with Crippen molar-refractivity contribution < 1.29 is 4.79 Å². The average Bonchev–Trinajstić information content (AvgIpc) is 2.85. The van der Waals surface area contributed by atoms with E-state index in [2.05, 4.69) is 20.4 Å². The zero-order valence-electron chi connectivity index (χ0n) is 12.6. The number of piperidine rings is 1. The van der Waals surface area contributed by atoms with Crippen LogP contribution in [0.15, 0.2) is 6.20 Å². The first-order chi connectivity index (χ1) is 9.58. The van der Waals surface area contributed by atoms with Gasteiger partial charge >= 0.3 is 0 Å². The summed E-state index contributed by atoms with van der Waals surface area (Å²) in [4.78, 5) is 16.2. The summed E-state index contributed by atoms with van der Waals surface area (Å²) in [6, 6.07) is 0.518. The number of nitrogens with one attached hydrogen (secondary N) is 2. The molecule has 0 spiro atoms. The second kappa shape index (κ2) is 6.85. The van der Waals surface area contributed by atoms with Gasteiger partial charge in [0.15, 0.2) is 0 Å². The molecule has 1 fully saturated rings. The maximum atomic E-state index is 12.3. The molecule has 1 aliphatic heterocycles. The van der Waals surface area contributed by atoms with Gasteiger partial charge in [0.2, 0.25) is 5.91 Å². The van der Waals surface area contributed by atoms with Gasteiger partial charge in [-0.3, -0.25) is 14.8 Å². The lowest BCUT2D eigenvalue weighted by atomic mass is 10.1. The SMILES string of the molecule is Cc1[nH]ncc1CN(C)C(=O)CN(C)C1CCNCC1. The first-order valence-corrected chi connectivity index (χ1v) is 7.21. The third kappa shape index (κ3) is 3.80. The quantitative estimate of drug-likeness (QED) is 0.817. The summed E-state index contributed by atoms with van der Waals surface area (Å²) in [6.45, 7) is 5.17. The highest BCUT2D eigenvalue weighted by atomic mass is 16.2. The van der Waals surface area contributed by atoms with Crippen molar-refractivity contribution in [2.24, 2.45) is 0 Å². The lowest BCUT2D eigenvalue weighted by molar-refractivity contribution is -0.132. The van der Waals surface area contributed by atoms with Crippen molar-refractivity contribution in [2.75, 3.05) is 33.7 Å². The lowest BCUT2D eigenvalue weighted by Gasteiger charge is -2.32. The monoisotopic (exact) mass is 279 g/mol. The molecular formula is C14H25N5O. The fourth-order valence-corrected chi connectivity index (χ4v) is 2.59. The summed E-state index contributed by atoms with van der Waals surface area (Å²) < 4.78 is 0. The van der Waals surface area contributed by atoms with Crippen LogP contribution >= 0.6 is 0 Å². The molecule has 0 saturated carbocycles. The van der Waals surface area contributed by atoms with E-state index < -0.39 is 0 Å². The van der Waals surface area contributed by atoms with Gasteiger partial charge in [0.1, 0.15) is 0 Å². The number of carbonyl (C=O) groups excluding carboxylic acids is 1. The summed E-state index contributed by atoms with van der Waals surface area (Å²) in [7, 11) is 3.90. The number of carbonyl (C=O) groups is 1. The summed E-state index contributed by atoms with van der Waals surface area (Å²) >= 11 is 0. The number of H-pyrrole nitrogens is 1. The predicted molar refractivity (Wildman–Crippen MR) is 78.3 cm³/mol. The van der Waals surface area contributed by atoms with E-state index in [-0.39, 0.29) is 5.91 Å². The Kier molecular flexibility index (Phi) is 5.14. The molecule has 0 atom stereocenters. The van der Waals surface area contributed by atoms with Crippen LogP contribution in [-0.4, -0.2) is 65.7 Å². The Morgan fingerprint density at radius 1 is 1.40 bits per heavy atom. The number of hydrogen-bond acceptors (Lipinski definition) is 4. The van der Waals surface area contributed by atoms with E-state index >= 15 is 0 Å². The van der Waals surface area contributed by atoms with Gasteiger partial charge in [0, 0.05) is 30.9 Å². The minimum atomic E-state index is 0.159. The summed E-state index contributed by atoms with van der Waals surface area (Å²) in [5.74, 6) is 0.159. The fourth-order valence-electron chi connectivity index (χ4n) is 2.59. The molecule has 6 nitrogen and oxygen atoms in total. The zero-order chi connectivity index (χ0) is 14.5. The van der Waals surface area contributed by atoms with Crippen LogP contribution in [0.3, 0.4) is 0 Å². The molecule has 0 bridgehead atoms. The molecule has 20 heavy (non-hydrogen) atoms. The zero-order valence-corrected chi connectivity index (χ0v) is 12.6. The molecule has 1 aliphatic rings. The number of nitrogens with zero attached hydrogens (tertiary/aromatic N) is 3. The van der Waals surface area contributed by atoms with Crippen LogP contribution in [0.4, 0.5) is 0 Å². The van der Waals surface area contributed by atoms with Gasteiger partial charge in [-0.1, -0.05) is 0 Å². The first kappa shape index (κ1) is 15.0. The van der Waals surface area contributed by atoms with Crippen LogP contribution in [-0.2, 0) is 11.3 Å². The van der Waals surface area contributed by atoms with Gasteiger partial charge in [-0.25, -0.2) is 0 Å². The minimum absolute atomic E-state index is 0.159. The molecule has 2 rings (SSSR count). The van der Waals surface area contributed by atoms with E-state index in [1.54, 1.807) is 11.1 Å². The Balaban J connectivity index is 1.82. The van der Waals surface area contributed by atoms with Crippen molar-refractivity contribution in [1.82, 2.24) is 25.3 Å². The van der Waals surface area contributed by atoms with Gasteiger partial charge in [-0.05, 0) is 39.9 Å². The van der Waals surface area contributed by atoms with Gasteiger partial charge in [0.25, 0.3) is 0 Å². The topological polar surface area (TPSA) is 64.3 Å². The Labute approximate surface area is 120 Å². The van der Waals surface area contributed by atoms with Crippen LogP contribution in [0.1, 0.15) is 24.1 Å². The molecule has 1 saturated heterocycles. The number of aromatic nitrogens is 2. The largest absolute Gasteiger partial charge is 0.340 e. The molecular weight excluding hydrogens is 254 g/mol. The molecule has 0 radical (unpaired) electrons. The van der Waals surface area contributed by atoms with Crippen LogP contribution in [0.5, 0.6) is 0 Å². The Hall–Kier alpha value is -1.40. The van der Waals surface area contributed by atoms with Crippen molar-refractivity contribution >= 4 is 5.91 Å². The highest BCUT2D eigenvalue weighted by Gasteiger charge is 2.21. The minimum Gasteiger partial charge on any atom is -0.340 e. The van der Waals surface area contributed by atoms with Crippen molar-refractivity contribution in [1.29, 1.82) is 0 Å². The van der Waals surface area contributed by atoms with Crippen molar-refractivity contribution in [2.45, 2.75) is 32.4 Å². The highest BCUT2D eigenvalue weighted by molar-refractivity contribution is 5.78. The summed E-state index contributed by atoms with van der Waals surface area (Å²) in [5.41, 5.74) is 2.10. The standard InChI is InChI=1S/C14H25N5O/c1-11-12(8-16-17-11)9-19(3)14(20)10-18(2)13-4-6-15-7-5-13/h8,13,15H,4-7,9-10H2,1-3H3,(H,16,17). The first-order valence-electron chi connectivity index (χ1n) is 7.21. The van der Waals surface area contributed by atoms with Gasteiger partial charge < -0.3 is 10.2 Å². The van der Waals surface area contributed by atoms with Crippen LogP contribution in [0.25, 0.3) is 0 Å². The third-order valence-electron chi connectivity index (χ3n) is 4.08. The maximum Gasteiger partial charge on any atom is 0.236 e. The fraction of sp³-hybridized carbons (Fsp3) is 0.714. The molecule has 2 N–H and O–H groups in total. The Bertz CT molecular complexity index is 439. The Morgan fingerprint density at radius 2 is 2.10 bits per heavy atom. The van der Waals surface area contributed by atoms with Crippen molar-refractivity contribution in [3.05, 3.63) is 17.5 Å². The van der Waals surface area contributed by atoms with Gasteiger partial charge in [-0.2, -0.15) is 5.10 Å². The van der Waals surface area contributed by atoms with E-state index in [4.69, 9.17) is 0 Å². The molecule has 112 valence electrons. The number of rotatable bonds is 5. The number of aryl methyl sites for hydroxylation is 1. The molecule has 2 heterocycles. The van der Waals surface area contributed by atoms with E-state index in [0.29, 0.717) is 19.1 Å². The van der Waals surface area contributed by atoms with Crippen molar-refractivity contribution in [3.63, 3.8) is 0 Å².